The number of benzene rings is 1. The SMILES string of the molecule is Cc1noc(C)c1CCNC(=O)CCn1cnc2c(c(C)c(C)n2-c2ccccc2)c1=O. The number of carbonyl (C=O) groups is 1. The zero-order chi connectivity index (χ0) is 22.8. The van der Waals surface area contributed by atoms with Crippen molar-refractivity contribution < 1.29 is 9.32 Å². The number of amides is 1. The van der Waals surface area contributed by atoms with Gasteiger partial charge in [-0.1, -0.05) is 23.4 Å². The Bertz CT molecular complexity index is 1310. The van der Waals surface area contributed by atoms with Gasteiger partial charge in [0.15, 0.2) is 5.65 Å². The lowest BCUT2D eigenvalue weighted by atomic mass is 10.1. The molecule has 3 aromatic heterocycles. The Morgan fingerprint density at radius 1 is 1.12 bits per heavy atom. The third-order valence-electron chi connectivity index (χ3n) is 5.96. The second-order valence-corrected chi connectivity index (χ2v) is 7.98. The van der Waals surface area contributed by atoms with Gasteiger partial charge in [-0.25, -0.2) is 4.98 Å². The molecule has 0 aliphatic rings. The van der Waals surface area contributed by atoms with Crippen molar-refractivity contribution in [3.8, 4) is 5.69 Å². The predicted octanol–water partition coefficient (Wildman–Crippen LogP) is 3.16. The Morgan fingerprint density at radius 3 is 2.56 bits per heavy atom. The molecule has 8 heteroatoms. The molecule has 8 nitrogen and oxygen atoms in total. The van der Waals surface area contributed by atoms with Crippen LogP contribution >= 0.6 is 0 Å². The van der Waals surface area contributed by atoms with E-state index in [1.165, 1.54) is 10.9 Å². The van der Waals surface area contributed by atoms with Gasteiger partial charge < -0.3 is 9.84 Å². The quantitative estimate of drug-likeness (QED) is 0.483. The third kappa shape index (κ3) is 3.95. The molecule has 4 aromatic rings. The fraction of sp³-hybridized carbons (Fsp3) is 0.333. The Kier molecular flexibility index (Phi) is 5.94. The van der Waals surface area contributed by atoms with Crippen LogP contribution in [0.5, 0.6) is 0 Å². The average Bonchev–Trinajstić information content (AvgIpc) is 3.24. The van der Waals surface area contributed by atoms with Crippen LogP contribution in [0.4, 0.5) is 0 Å². The molecule has 0 aliphatic carbocycles. The van der Waals surface area contributed by atoms with E-state index in [0.29, 0.717) is 24.0 Å². The molecule has 0 spiro atoms. The highest BCUT2D eigenvalue weighted by atomic mass is 16.5. The minimum Gasteiger partial charge on any atom is -0.361 e. The third-order valence-corrected chi connectivity index (χ3v) is 5.96. The first-order chi connectivity index (χ1) is 15.4. The van der Waals surface area contributed by atoms with E-state index in [1.807, 2.05) is 62.6 Å². The fourth-order valence-corrected chi connectivity index (χ4v) is 4.03. The number of hydrogen-bond acceptors (Lipinski definition) is 5. The molecular formula is C24H27N5O3. The molecule has 3 heterocycles. The molecule has 0 radical (unpaired) electrons. The Hall–Kier alpha value is -3.68. The van der Waals surface area contributed by atoms with Crippen LogP contribution in [0.25, 0.3) is 16.7 Å². The molecule has 0 saturated heterocycles. The van der Waals surface area contributed by atoms with Crippen LogP contribution in [-0.2, 0) is 17.8 Å². The lowest BCUT2D eigenvalue weighted by Gasteiger charge is -2.09. The van der Waals surface area contributed by atoms with Crippen molar-refractivity contribution >= 4 is 16.9 Å². The molecule has 0 aliphatic heterocycles. The number of fused-ring (bicyclic) bond motifs is 1. The number of nitrogens with zero attached hydrogens (tertiary/aromatic N) is 4. The molecule has 32 heavy (non-hydrogen) atoms. The van der Waals surface area contributed by atoms with Gasteiger partial charge in [0.1, 0.15) is 5.76 Å². The van der Waals surface area contributed by atoms with Crippen LogP contribution in [0.1, 0.15) is 34.7 Å². The van der Waals surface area contributed by atoms with Crippen molar-refractivity contribution in [3.05, 3.63) is 75.3 Å². The summed E-state index contributed by atoms with van der Waals surface area (Å²) in [6.07, 6.45) is 2.39. The summed E-state index contributed by atoms with van der Waals surface area (Å²) in [5.74, 6) is 0.661. The highest BCUT2D eigenvalue weighted by molar-refractivity contribution is 5.83. The fourth-order valence-electron chi connectivity index (χ4n) is 4.03. The summed E-state index contributed by atoms with van der Waals surface area (Å²) in [5, 5.41) is 7.41. The summed E-state index contributed by atoms with van der Waals surface area (Å²) >= 11 is 0. The standard InChI is InChI=1S/C24H27N5O3/c1-15-17(3)29(19-8-6-5-7-9-19)23-22(15)24(31)28(14-26-23)13-11-21(30)25-12-10-20-16(2)27-32-18(20)4/h5-9,14H,10-13H2,1-4H3,(H,25,30). The van der Waals surface area contributed by atoms with E-state index in [0.717, 1.165) is 34.0 Å². The molecule has 0 bridgehead atoms. The van der Waals surface area contributed by atoms with Crippen molar-refractivity contribution in [1.29, 1.82) is 0 Å². The number of para-hydroxylation sites is 1. The van der Waals surface area contributed by atoms with Gasteiger partial charge in [-0.05, 0) is 51.8 Å². The first-order valence-electron chi connectivity index (χ1n) is 10.7. The number of aromatic nitrogens is 4. The largest absolute Gasteiger partial charge is 0.361 e. The van der Waals surface area contributed by atoms with E-state index in [1.54, 1.807) is 0 Å². The molecule has 1 amide bonds. The van der Waals surface area contributed by atoms with Gasteiger partial charge in [0.2, 0.25) is 5.91 Å². The summed E-state index contributed by atoms with van der Waals surface area (Å²) in [7, 11) is 0. The number of aryl methyl sites for hydroxylation is 4. The van der Waals surface area contributed by atoms with Crippen LogP contribution in [0.3, 0.4) is 0 Å². The molecule has 0 unspecified atom stereocenters. The van der Waals surface area contributed by atoms with Crippen LogP contribution in [0, 0.1) is 27.7 Å². The molecule has 0 saturated carbocycles. The van der Waals surface area contributed by atoms with Gasteiger partial charge in [-0.15, -0.1) is 0 Å². The van der Waals surface area contributed by atoms with Crippen molar-refractivity contribution in [2.75, 3.05) is 6.54 Å². The summed E-state index contributed by atoms with van der Waals surface area (Å²) < 4.78 is 8.65. The van der Waals surface area contributed by atoms with Crippen molar-refractivity contribution in [1.82, 2.24) is 24.6 Å². The van der Waals surface area contributed by atoms with Gasteiger partial charge in [0, 0.05) is 36.5 Å². The van der Waals surface area contributed by atoms with Gasteiger partial charge in [-0.3, -0.25) is 18.7 Å². The lowest BCUT2D eigenvalue weighted by Crippen LogP contribution is -2.29. The first-order valence-corrected chi connectivity index (χ1v) is 10.7. The number of rotatable bonds is 7. The van der Waals surface area contributed by atoms with Crippen molar-refractivity contribution in [2.45, 2.75) is 47.1 Å². The Balaban J connectivity index is 1.47. The van der Waals surface area contributed by atoms with Gasteiger partial charge in [-0.2, -0.15) is 0 Å². The van der Waals surface area contributed by atoms with Crippen LogP contribution < -0.4 is 10.9 Å². The zero-order valence-electron chi connectivity index (χ0n) is 18.8. The second-order valence-electron chi connectivity index (χ2n) is 7.98. The van der Waals surface area contributed by atoms with Crippen molar-refractivity contribution in [2.24, 2.45) is 0 Å². The number of nitrogens with one attached hydrogen (secondary N) is 1. The number of carbonyl (C=O) groups excluding carboxylic acids is 1. The predicted molar refractivity (Wildman–Crippen MR) is 122 cm³/mol. The molecule has 166 valence electrons. The molecule has 1 N–H and O–H groups in total. The van der Waals surface area contributed by atoms with E-state index in [4.69, 9.17) is 4.52 Å². The highest BCUT2D eigenvalue weighted by Crippen LogP contribution is 2.24. The van der Waals surface area contributed by atoms with E-state index in [-0.39, 0.29) is 24.4 Å². The Morgan fingerprint density at radius 2 is 1.88 bits per heavy atom. The van der Waals surface area contributed by atoms with E-state index < -0.39 is 0 Å². The maximum atomic E-state index is 13.2. The van der Waals surface area contributed by atoms with E-state index in [9.17, 15) is 9.59 Å². The average molecular weight is 434 g/mol. The summed E-state index contributed by atoms with van der Waals surface area (Å²) in [5.41, 5.74) is 5.21. The second kappa shape index (κ2) is 8.82. The molecular weight excluding hydrogens is 406 g/mol. The van der Waals surface area contributed by atoms with Crippen LogP contribution in [-0.4, -0.2) is 31.7 Å². The first kappa shape index (κ1) is 21.5. The minimum atomic E-state index is -0.131. The zero-order valence-corrected chi connectivity index (χ0v) is 18.8. The molecule has 0 fully saturated rings. The summed E-state index contributed by atoms with van der Waals surface area (Å²) in [6.45, 7) is 8.44. The van der Waals surface area contributed by atoms with Crippen molar-refractivity contribution in [3.63, 3.8) is 0 Å². The summed E-state index contributed by atoms with van der Waals surface area (Å²) in [4.78, 5) is 30.0. The van der Waals surface area contributed by atoms with Gasteiger partial charge >= 0.3 is 0 Å². The topological polar surface area (TPSA) is 94.9 Å². The maximum absolute atomic E-state index is 13.2. The van der Waals surface area contributed by atoms with Gasteiger partial charge in [0.25, 0.3) is 5.56 Å². The van der Waals surface area contributed by atoms with E-state index in [2.05, 4.69) is 15.5 Å². The normalized spacial score (nSPS) is 11.2. The van der Waals surface area contributed by atoms with Crippen LogP contribution in [0.2, 0.25) is 0 Å². The lowest BCUT2D eigenvalue weighted by molar-refractivity contribution is -0.121. The highest BCUT2D eigenvalue weighted by Gasteiger charge is 2.18. The van der Waals surface area contributed by atoms with E-state index >= 15 is 0 Å². The molecule has 0 atom stereocenters. The molecule has 1 aromatic carbocycles. The Labute approximate surface area is 185 Å². The summed E-state index contributed by atoms with van der Waals surface area (Å²) in [6, 6.07) is 9.86. The minimum absolute atomic E-state index is 0.112. The van der Waals surface area contributed by atoms with Gasteiger partial charge in [0.05, 0.1) is 17.4 Å². The van der Waals surface area contributed by atoms with Crippen LogP contribution in [0.15, 0.2) is 46.0 Å². The molecule has 4 rings (SSSR count). The number of hydrogen-bond donors (Lipinski definition) is 1. The smallest absolute Gasteiger partial charge is 0.263 e. The monoisotopic (exact) mass is 433 g/mol. The maximum Gasteiger partial charge on any atom is 0.263 e.